The zero-order valence-corrected chi connectivity index (χ0v) is 56.2. The van der Waals surface area contributed by atoms with Gasteiger partial charge in [-0.05, 0) is 182 Å². The summed E-state index contributed by atoms with van der Waals surface area (Å²) in [5.41, 5.74) is 27.3. The first-order valence-electron chi connectivity index (χ1n) is 35.1. The lowest BCUT2D eigenvalue weighted by molar-refractivity contribution is 1.30. The number of hydrogen-bond acceptors (Lipinski definition) is 2. The maximum Gasteiger partial charge on any atom is 0.0624 e. The Labute approximate surface area is 595 Å². The first-order chi connectivity index (χ1) is 50.6. The van der Waals surface area contributed by atoms with Gasteiger partial charge in [-0.25, -0.2) is 0 Å². The standard InChI is InChI=1S/C100H68N2/c1-7-28-69(29-8-1)73-54-60-84(61-55-73)102(86-66-81(70-30-9-2-10-31-70)65-82(67-86)71-32-11-3-12-33-71)100-95-49-26-22-45-91(95)89-43-20-24-47-93(89)98(100)80-41-27-40-79(64-80)75-52-50-72(51-53-75)74-56-58-83(59-57-74)101(85-62-63-87(76-34-13-4-14-35-76)96(68-85)77-36-15-5-16-37-77)99-94-48-25-21-44-90(94)88-42-19-23-46-92(88)97(99)78-38-17-6-18-39-78/h1-68H. The summed E-state index contributed by atoms with van der Waals surface area (Å²) < 4.78 is 0. The van der Waals surface area contributed by atoms with Crippen molar-refractivity contribution in [2.24, 2.45) is 0 Å². The van der Waals surface area contributed by atoms with Crippen molar-refractivity contribution in [3.63, 3.8) is 0 Å². The summed E-state index contributed by atoms with van der Waals surface area (Å²) in [4.78, 5) is 5.03. The van der Waals surface area contributed by atoms with Gasteiger partial charge in [-0.1, -0.05) is 352 Å². The van der Waals surface area contributed by atoms with Crippen LogP contribution in [0.1, 0.15) is 0 Å². The normalized spacial score (nSPS) is 11.3. The van der Waals surface area contributed by atoms with Crippen molar-refractivity contribution in [1.29, 1.82) is 0 Å². The van der Waals surface area contributed by atoms with Crippen LogP contribution in [0.2, 0.25) is 0 Å². The SMILES string of the molecule is c1ccc(-c2ccc(N(c3cc(-c4ccccc4)cc(-c4ccccc4)c3)c3c(-c4cccc(-c5ccc(-c6ccc(N(c7ccc(-c8ccccc8)c(-c8ccccc8)c7)c7c(-c8ccccc8)c8ccccc8c8ccccc78)cc6)cc5)c4)c4ccccc4c4ccccc34)cc2)cc1. The van der Waals surface area contributed by atoms with E-state index in [4.69, 9.17) is 0 Å². The van der Waals surface area contributed by atoms with Crippen LogP contribution in [0.5, 0.6) is 0 Å². The molecular weight excluding hydrogens is 1230 g/mol. The number of nitrogens with zero attached hydrogens (tertiary/aromatic N) is 2. The van der Waals surface area contributed by atoms with Crippen LogP contribution in [0.4, 0.5) is 34.1 Å². The molecule has 478 valence electrons. The summed E-state index contributed by atoms with van der Waals surface area (Å²) >= 11 is 0. The number of rotatable bonds is 15. The van der Waals surface area contributed by atoms with Crippen LogP contribution in [0.3, 0.4) is 0 Å². The second kappa shape index (κ2) is 26.8. The fraction of sp³-hybridized carbons (Fsp3) is 0. The molecule has 18 rings (SSSR count). The molecule has 0 saturated carbocycles. The minimum atomic E-state index is 1.06. The molecule has 0 N–H and O–H groups in total. The summed E-state index contributed by atoms with van der Waals surface area (Å²) in [7, 11) is 0. The highest BCUT2D eigenvalue weighted by Gasteiger charge is 2.28. The van der Waals surface area contributed by atoms with Gasteiger partial charge in [0.2, 0.25) is 0 Å². The molecule has 0 aliphatic carbocycles. The molecule has 2 heteroatoms. The molecule has 0 aromatic heterocycles. The van der Waals surface area contributed by atoms with Crippen molar-refractivity contribution in [2.45, 2.75) is 0 Å². The third-order valence-corrected chi connectivity index (χ3v) is 20.2. The molecular formula is C100H68N2. The molecule has 0 amide bonds. The van der Waals surface area contributed by atoms with Gasteiger partial charge >= 0.3 is 0 Å². The number of benzene rings is 18. The maximum absolute atomic E-state index is 2.53. The molecule has 18 aromatic carbocycles. The third-order valence-electron chi connectivity index (χ3n) is 20.2. The number of anilines is 6. The van der Waals surface area contributed by atoms with E-state index in [-0.39, 0.29) is 0 Å². The molecule has 0 bridgehead atoms. The Balaban J connectivity index is 0.773. The minimum Gasteiger partial charge on any atom is -0.309 e. The van der Waals surface area contributed by atoms with Crippen LogP contribution in [0.15, 0.2) is 413 Å². The van der Waals surface area contributed by atoms with Crippen molar-refractivity contribution in [1.82, 2.24) is 0 Å². The maximum atomic E-state index is 2.53. The Morgan fingerprint density at radius 1 is 0.127 bits per heavy atom. The van der Waals surface area contributed by atoms with Gasteiger partial charge in [0.15, 0.2) is 0 Å². The van der Waals surface area contributed by atoms with Gasteiger partial charge in [-0.15, -0.1) is 0 Å². The highest BCUT2D eigenvalue weighted by Crippen LogP contribution is 2.54. The van der Waals surface area contributed by atoms with Gasteiger partial charge < -0.3 is 9.80 Å². The molecule has 0 aliphatic rings. The lowest BCUT2D eigenvalue weighted by Crippen LogP contribution is -2.13. The Morgan fingerprint density at radius 3 is 0.843 bits per heavy atom. The molecule has 0 spiro atoms. The van der Waals surface area contributed by atoms with E-state index in [0.717, 1.165) is 112 Å². The average Bonchev–Trinajstić information content (AvgIpc) is 0.731. The van der Waals surface area contributed by atoms with Gasteiger partial charge in [0.05, 0.1) is 11.4 Å². The van der Waals surface area contributed by atoms with Gasteiger partial charge in [0.1, 0.15) is 0 Å². The van der Waals surface area contributed by atoms with Crippen molar-refractivity contribution in [3.8, 4) is 100 Å². The molecule has 0 fully saturated rings. The summed E-state index contributed by atoms with van der Waals surface area (Å²) in [5, 5.41) is 9.56. The van der Waals surface area contributed by atoms with Crippen LogP contribution < -0.4 is 9.80 Å². The van der Waals surface area contributed by atoms with Crippen molar-refractivity contribution in [3.05, 3.63) is 413 Å². The Bertz CT molecular complexity index is 6000. The fourth-order valence-electron chi connectivity index (χ4n) is 15.4. The number of hydrogen-bond donors (Lipinski definition) is 0. The van der Waals surface area contributed by atoms with E-state index in [0.29, 0.717) is 0 Å². The van der Waals surface area contributed by atoms with Crippen LogP contribution in [-0.4, -0.2) is 0 Å². The van der Waals surface area contributed by atoms with Crippen molar-refractivity contribution in [2.75, 3.05) is 9.80 Å². The van der Waals surface area contributed by atoms with Crippen molar-refractivity contribution >= 4 is 77.2 Å². The first kappa shape index (κ1) is 61.0. The highest BCUT2D eigenvalue weighted by molar-refractivity contribution is 6.24. The van der Waals surface area contributed by atoms with E-state index in [1.165, 1.54) is 65.5 Å². The molecule has 0 atom stereocenters. The van der Waals surface area contributed by atoms with Crippen LogP contribution >= 0.6 is 0 Å². The van der Waals surface area contributed by atoms with Gasteiger partial charge in [-0.3, -0.25) is 0 Å². The average molecular weight is 1300 g/mol. The predicted molar refractivity (Wildman–Crippen MR) is 435 cm³/mol. The second-order valence-corrected chi connectivity index (χ2v) is 26.2. The summed E-state index contributed by atoms with van der Waals surface area (Å²) in [6.07, 6.45) is 0. The van der Waals surface area contributed by atoms with Crippen LogP contribution in [0, 0.1) is 0 Å². The van der Waals surface area contributed by atoms with E-state index in [1.54, 1.807) is 0 Å². The topological polar surface area (TPSA) is 6.48 Å². The van der Waals surface area contributed by atoms with Crippen LogP contribution in [0.25, 0.3) is 143 Å². The van der Waals surface area contributed by atoms with Crippen LogP contribution in [-0.2, 0) is 0 Å². The molecule has 2 nitrogen and oxygen atoms in total. The zero-order valence-electron chi connectivity index (χ0n) is 56.2. The molecule has 0 unspecified atom stereocenters. The van der Waals surface area contributed by atoms with Gasteiger partial charge in [0.25, 0.3) is 0 Å². The molecule has 18 aromatic rings. The summed E-state index contributed by atoms with van der Waals surface area (Å²) in [6, 6.07) is 151. The third kappa shape index (κ3) is 11.4. The van der Waals surface area contributed by atoms with E-state index in [2.05, 4.69) is 422 Å². The number of fused-ring (bicyclic) bond motifs is 6. The molecule has 0 saturated heterocycles. The Hall–Kier alpha value is -13.4. The smallest absolute Gasteiger partial charge is 0.0624 e. The Kier molecular flexibility index (Phi) is 16.0. The second-order valence-electron chi connectivity index (χ2n) is 26.2. The lowest BCUT2D eigenvalue weighted by Gasteiger charge is -2.31. The quantitative estimate of drug-likeness (QED) is 0.0944. The minimum absolute atomic E-state index is 1.06. The largest absolute Gasteiger partial charge is 0.309 e. The zero-order chi connectivity index (χ0) is 67.7. The monoisotopic (exact) mass is 1300 g/mol. The molecule has 0 radical (unpaired) electrons. The van der Waals surface area contributed by atoms with E-state index >= 15 is 0 Å². The lowest BCUT2D eigenvalue weighted by atomic mass is 9.88. The first-order valence-corrected chi connectivity index (χ1v) is 35.1. The fourth-order valence-corrected chi connectivity index (χ4v) is 15.4. The Morgan fingerprint density at radius 2 is 0.402 bits per heavy atom. The molecule has 0 heterocycles. The van der Waals surface area contributed by atoms with Gasteiger partial charge in [0, 0.05) is 44.6 Å². The highest BCUT2D eigenvalue weighted by atomic mass is 15.2. The summed E-state index contributed by atoms with van der Waals surface area (Å²) in [6.45, 7) is 0. The molecule has 102 heavy (non-hydrogen) atoms. The summed E-state index contributed by atoms with van der Waals surface area (Å²) in [5.74, 6) is 0. The van der Waals surface area contributed by atoms with E-state index < -0.39 is 0 Å². The van der Waals surface area contributed by atoms with E-state index in [9.17, 15) is 0 Å². The van der Waals surface area contributed by atoms with Gasteiger partial charge in [-0.2, -0.15) is 0 Å². The van der Waals surface area contributed by atoms with Crippen molar-refractivity contribution < 1.29 is 0 Å². The van der Waals surface area contributed by atoms with E-state index in [1.807, 2.05) is 0 Å². The molecule has 0 aliphatic heterocycles. The predicted octanol–water partition coefficient (Wildman–Crippen LogP) is 28.2.